The van der Waals surface area contributed by atoms with Crippen LogP contribution in [0.2, 0.25) is 0 Å². The minimum Gasteiger partial charge on any atom is -0.368 e. The van der Waals surface area contributed by atoms with Crippen molar-refractivity contribution < 1.29 is 9.53 Å². The number of amides is 1. The van der Waals surface area contributed by atoms with E-state index >= 15 is 0 Å². The molecule has 4 heteroatoms. The molecule has 0 saturated carbocycles. The number of rotatable bonds is 3. The molecule has 0 bridgehead atoms. The van der Waals surface area contributed by atoms with Crippen molar-refractivity contribution in [1.29, 1.82) is 5.26 Å². The van der Waals surface area contributed by atoms with Crippen LogP contribution in [-0.2, 0) is 16.1 Å². The van der Waals surface area contributed by atoms with Gasteiger partial charge in [0, 0.05) is 20.2 Å². The van der Waals surface area contributed by atoms with Crippen LogP contribution in [0.15, 0.2) is 24.3 Å². The van der Waals surface area contributed by atoms with Gasteiger partial charge in [0.25, 0.3) is 5.91 Å². The van der Waals surface area contributed by atoms with Gasteiger partial charge >= 0.3 is 0 Å². The lowest BCUT2D eigenvalue weighted by atomic mass is 10.0. The van der Waals surface area contributed by atoms with Crippen LogP contribution in [0.5, 0.6) is 0 Å². The van der Waals surface area contributed by atoms with Crippen molar-refractivity contribution in [3.8, 4) is 6.07 Å². The predicted molar refractivity (Wildman–Crippen MR) is 71.2 cm³/mol. The summed E-state index contributed by atoms with van der Waals surface area (Å²) in [6.45, 7) is 3.20. The molecule has 1 aliphatic rings. The van der Waals surface area contributed by atoms with E-state index in [4.69, 9.17) is 10.00 Å². The molecule has 1 heterocycles. The highest BCUT2D eigenvalue weighted by molar-refractivity contribution is 5.81. The summed E-state index contributed by atoms with van der Waals surface area (Å²) in [5.41, 5.74) is 1.57. The van der Waals surface area contributed by atoms with Crippen LogP contribution in [0.25, 0.3) is 0 Å². The highest BCUT2D eigenvalue weighted by atomic mass is 16.5. The van der Waals surface area contributed by atoms with Crippen molar-refractivity contribution in [3.63, 3.8) is 0 Å². The van der Waals surface area contributed by atoms with E-state index in [0.29, 0.717) is 18.7 Å². The van der Waals surface area contributed by atoms with Crippen LogP contribution in [0.4, 0.5) is 0 Å². The first kappa shape index (κ1) is 13.6. The van der Waals surface area contributed by atoms with Crippen LogP contribution in [0.3, 0.4) is 0 Å². The van der Waals surface area contributed by atoms with Gasteiger partial charge in [-0.3, -0.25) is 4.79 Å². The van der Waals surface area contributed by atoms with Gasteiger partial charge in [0.1, 0.15) is 6.10 Å². The van der Waals surface area contributed by atoms with E-state index < -0.39 is 0 Å². The first-order valence-electron chi connectivity index (χ1n) is 6.47. The molecule has 4 nitrogen and oxygen atoms in total. The second-order valence-electron chi connectivity index (χ2n) is 5.06. The topological polar surface area (TPSA) is 53.3 Å². The van der Waals surface area contributed by atoms with Gasteiger partial charge in [-0.25, -0.2) is 0 Å². The van der Waals surface area contributed by atoms with Crippen LogP contribution in [0, 0.1) is 17.2 Å². The average molecular weight is 258 g/mol. The Hall–Kier alpha value is -1.86. The van der Waals surface area contributed by atoms with Crippen molar-refractivity contribution in [2.75, 3.05) is 13.7 Å². The van der Waals surface area contributed by atoms with Crippen molar-refractivity contribution in [2.24, 2.45) is 5.92 Å². The molecule has 0 spiro atoms. The van der Waals surface area contributed by atoms with Gasteiger partial charge in [0.15, 0.2) is 0 Å². The highest BCUT2D eigenvalue weighted by Crippen LogP contribution is 2.22. The minimum absolute atomic E-state index is 0.0207. The lowest BCUT2D eigenvalue weighted by Crippen LogP contribution is -2.38. The zero-order valence-electron chi connectivity index (χ0n) is 11.3. The van der Waals surface area contributed by atoms with E-state index in [-0.39, 0.29) is 17.9 Å². The molecule has 0 aliphatic carbocycles. The molecule has 0 aromatic heterocycles. The Morgan fingerprint density at radius 2 is 2.37 bits per heavy atom. The standard InChI is InChI=1S/C15H18N2O2/c1-11-6-7-19-14(11)15(18)17(2)10-13-5-3-4-12(8-13)9-16/h3-5,8,11,14H,6-7,10H2,1-2H3. The quantitative estimate of drug-likeness (QED) is 0.832. The summed E-state index contributed by atoms with van der Waals surface area (Å²) in [4.78, 5) is 13.9. The smallest absolute Gasteiger partial charge is 0.252 e. The molecule has 1 aromatic rings. The average Bonchev–Trinajstić information content (AvgIpc) is 2.84. The van der Waals surface area contributed by atoms with E-state index in [1.165, 1.54) is 0 Å². The highest BCUT2D eigenvalue weighted by Gasteiger charge is 2.32. The molecule has 1 aliphatic heterocycles. The van der Waals surface area contributed by atoms with Gasteiger partial charge in [0.2, 0.25) is 0 Å². The SMILES string of the molecule is CC1CCOC1C(=O)N(C)Cc1cccc(C#N)c1. The monoisotopic (exact) mass is 258 g/mol. The molecule has 2 unspecified atom stereocenters. The summed E-state index contributed by atoms with van der Waals surface area (Å²) in [6.07, 6.45) is 0.623. The zero-order valence-corrected chi connectivity index (χ0v) is 11.3. The molecular formula is C15H18N2O2. The molecule has 19 heavy (non-hydrogen) atoms. The molecule has 1 fully saturated rings. The third-order valence-corrected chi connectivity index (χ3v) is 3.48. The maximum atomic E-state index is 12.3. The largest absolute Gasteiger partial charge is 0.368 e. The number of carbonyl (C=O) groups excluding carboxylic acids is 1. The van der Waals surface area contributed by atoms with Crippen molar-refractivity contribution in [3.05, 3.63) is 35.4 Å². The maximum absolute atomic E-state index is 12.3. The van der Waals surface area contributed by atoms with E-state index in [0.717, 1.165) is 12.0 Å². The second-order valence-corrected chi connectivity index (χ2v) is 5.06. The van der Waals surface area contributed by atoms with Crippen LogP contribution in [-0.4, -0.2) is 30.6 Å². The zero-order chi connectivity index (χ0) is 13.8. The lowest BCUT2D eigenvalue weighted by molar-refractivity contribution is -0.141. The molecule has 2 atom stereocenters. The molecule has 1 aromatic carbocycles. The molecule has 1 amide bonds. The van der Waals surface area contributed by atoms with Gasteiger partial charge < -0.3 is 9.64 Å². The summed E-state index contributed by atoms with van der Waals surface area (Å²) in [7, 11) is 1.77. The number of likely N-dealkylation sites (N-methyl/N-ethyl adjacent to an activating group) is 1. The summed E-state index contributed by atoms with van der Waals surface area (Å²) < 4.78 is 5.49. The van der Waals surface area contributed by atoms with E-state index in [1.54, 1.807) is 18.0 Å². The number of hydrogen-bond donors (Lipinski definition) is 0. The fourth-order valence-corrected chi connectivity index (χ4v) is 2.32. The third kappa shape index (κ3) is 3.12. The molecular weight excluding hydrogens is 240 g/mol. The summed E-state index contributed by atoms with van der Waals surface area (Å²) in [5, 5.41) is 8.86. The molecule has 2 rings (SSSR count). The van der Waals surface area contributed by atoms with Crippen molar-refractivity contribution in [2.45, 2.75) is 26.0 Å². The number of benzene rings is 1. The number of nitriles is 1. The van der Waals surface area contributed by atoms with Crippen LogP contribution >= 0.6 is 0 Å². The van der Waals surface area contributed by atoms with Gasteiger partial charge in [-0.15, -0.1) is 0 Å². The Bertz CT molecular complexity index is 507. The fraction of sp³-hybridized carbons (Fsp3) is 0.467. The predicted octanol–water partition coefficient (Wildman–Crippen LogP) is 1.94. The first-order valence-corrected chi connectivity index (χ1v) is 6.47. The minimum atomic E-state index is -0.316. The molecule has 0 N–H and O–H groups in total. The maximum Gasteiger partial charge on any atom is 0.252 e. The van der Waals surface area contributed by atoms with Crippen molar-refractivity contribution >= 4 is 5.91 Å². The Labute approximate surface area is 113 Å². The van der Waals surface area contributed by atoms with Crippen molar-refractivity contribution in [1.82, 2.24) is 4.90 Å². The molecule has 100 valence electrons. The lowest BCUT2D eigenvalue weighted by Gasteiger charge is -2.23. The van der Waals surface area contributed by atoms with E-state index in [2.05, 4.69) is 6.07 Å². The van der Waals surface area contributed by atoms with E-state index in [9.17, 15) is 4.79 Å². The van der Waals surface area contributed by atoms with Gasteiger partial charge in [-0.2, -0.15) is 5.26 Å². The first-order chi connectivity index (χ1) is 9.11. The summed E-state index contributed by atoms with van der Waals surface area (Å²) >= 11 is 0. The Balaban J connectivity index is 2.02. The van der Waals surface area contributed by atoms with Crippen LogP contribution in [0.1, 0.15) is 24.5 Å². The van der Waals surface area contributed by atoms with Gasteiger partial charge in [-0.1, -0.05) is 19.1 Å². The van der Waals surface area contributed by atoms with Gasteiger partial charge in [0.05, 0.1) is 11.6 Å². The fourth-order valence-electron chi connectivity index (χ4n) is 2.32. The second kappa shape index (κ2) is 5.85. The Kier molecular flexibility index (Phi) is 4.18. The number of ether oxygens (including phenoxy) is 1. The number of carbonyl (C=O) groups is 1. The third-order valence-electron chi connectivity index (χ3n) is 3.48. The Morgan fingerprint density at radius 3 is 3.00 bits per heavy atom. The number of nitrogens with zero attached hydrogens (tertiary/aromatic N) is 2. The molecule has 0 radical (unpaired) electrons. The summed E-state index contributed by atoms with van der Waals surface area (Å²) in [5.74, 6) is 0.299. The van der Waals surface area contributed by atoms with Gasteiger partial charge in [-0.05, 0) is 30.0 Å². The summed E-state index contributed by atoms with van der Waals surface area (Å²) in [6, 6.07) is 9.42. The molecule has 1 saturated heterocycles. The Morgan fingerprint density at radius 1 is 1.58 bits per heavy atom. The van der Waals surface area contributed by atoms with Crippen LogP contribution < -0.4 is 0 Å². The number of hydrogen-bond acceptors (Lipinski definition) is 3. The normalized spacial score (nSPS) is 21.9. The van der Waals surface area contributed by atoms with E-state index in [1.807, 2.05) is 25.1 Å².